The molecule has 1 fully saturated rings. The van der Waals surface area contributed by atoms with Crippen molar-refractivity contribution in [2.24, 2.45) is 0 Å². The molecule has 0 saturated carbocycles. The normalized spacial score (nSPS) is 16.6. The van der Waals surface area contributed by atoms with Gasteiger partial charge in [0.15, 0.2) is 0 Å². The van der Waals surface area contributed by atoms with Gasteiger partial charge in [-0.3, -0.25) is 4.79 Å². The van der Waals surface area contributed by atoms with Gasteiger partial charge in [0, 0.05) is 40.8 Å². The second-order valence-corrected chi connectivity index (χ2v) is 7.66. The van der Waals surface area contributed by atoms with E-state index >= 15 is 0 Å². The summed E-state index contributed by atoms with van der Waals surface area (Å²) in [6.45, 7) is 1.39. The van der Waals surface area contributed by atoms with Crippen LogP contribution in [0.1, 0.15) is 10.4 Å². The van der Waals surface area contributed by atoms with Gasteiger partial charge in [-0.05, 0) is 18.2 Å². The van der Waals surface area contributed by atoms with Crippen LogP contribution in [0.5, 0.6) is 0 Å². The smallest absolute Gasteiger partial charge is 0.261 e. The molecule has 0 aromatic heterocycles. The van der Waals surface area contributed by atoms with E-state index in [-0.39, 0.29) is 10.8 Å². The topological polar surface area (TPSA) is 54.5 Å². The number of carbonyl (C=O) groups is 1. The minimum Gasteiger partial charge on any atom is -0.337 e. The van der Waals surface area contributed by atoms with Crippen molar-refractivity contribution >= 4 is 37.4 Å². The summed E-state index contributed by atoms with van der Waals surface area (Å²) >= 11 is 1.81. The second kappa shape index (κ2) is 5.50. The first-order valence-corrected chi connectivity index (χ1v) is 8.86. The van der Waals surface area contributed by atoms with Crippen LogP contribution in [0, 0.1) is 0 Å². The maximum atomic E-state index is 12.2. The van der Waals surface area contributed by atoms with Gasteiger partial charge in [0.1, 0.15) is 0 Å². The fraction of sp³-hybridized carbons (Fsp3) is 0.364. The van der Waals surface area contributed by atoms with Gasteiger partial charge < -0.3 is 4.90 Å². The summed E-state index contributed by atoms with van der Waals surface area (Å²) in [4.78, 5) is 13.8. The summed E-state index contributed by atoms with van der Waals surface area (Å²) in [6, 6.07) is 5.84. The van der Waals surface area contributed by atoms with Crippen LogP contribution in [-0.4, -0.2) is 43.8 Å². The highest BCUT2D eigenvalue weighted by atomic mass is 35.7. The maximum Gasteiger partial charge on any atom is 0.261 e. The summed E-state index contributed by atoms with van der Waals surface area (Å²) < 4.78 is 22.4. The summed E-state index contributed by atoms with van der Waals surface area (Å²) in [5, 5.41) is 0. The van der Waals surface area contributed by atoms with Crippen LogP contribution >= 0.6 is 22.4 Å². The minimum absolute atomic E-state index is 0.0404. The first kappa shape index (κ1) is 13.7. The Labute approximate surface area is 115 Å². The molecule has 0 radical (unpaired) electrons. The lowest BCUT2D eigenvalue weighted by atomic mass is 10.2. The molecule has 0 unspecified atom stereocenters. The summed E-state index contributed by atoms with van der Waals surface area (Å²) in [5.74, 6) is 1.69. The number of hydrogen-bond acceptors (Lipinski definition) is 4. The van der Waals surface area contributed by atoms with E-state index in [2.05, 4.69) is 0 Å². The lowest BCUT2D eigenvalue weighted by Gasteiger charge is -2.26. The third kappa shape index (κ3) is 3.18. The molecule has 4 nitrogen and oxygen atoms in total. The standard InChI is InChI=1S/C11H12ClNO3S2/c12-18(15,16)10-3-1-2-9(8-10)11(14)13-4-6-17-7-5-13/h1-3,8H,4-7H2. The van der Waals surface area contributed by atoms with E-state index in [1.165, 1.54) is 18.2 Å². The van der Waals surface area contributed by atoms with Crippen molar-refractivity contribution in [3.8, 4) is 0 Å². The fourth-order valence-electron chi connectivity index (χ4n) is 1.73. The molecule has 98 valence electrons. The third-order valence-electron chi connectivity index (χ3n) is 2.66. The molecule has 0 N–H and O–H groups in total. The van der Waals surface area contributed by atoms with Crippen molar-refractivity contribution in [3.63, 3.8) is 0 Å². The lowest BCUT2D eigenvalue weighted by Crippen LogP contribution is -2.37. The highest BCUT2D eigenvalue weighted by Gasteiger charge is 2.20. The quantitative estimate of drug-likeness (QED) is 0.782. The maximum absolute atomic E-state index is 12.2. The molecule has 1 aliphatic heterocycles. The SMILES string of the molecule is O=C(c1cccc(S(=O)(=O)Cl)c1)N1CCSCC1. The molecule has 0 spiro atoms. The van der Waals surface area contributed by atoms with E-state index < -0.39 is 9.05 Å². The molecular weight excluding hydrogens is 294 g/mol. The highest BCUT2D eigenvalue weighted by Crippen LogP contribution is 2.18. The molecule has 1 aromatic carbocycles. The molecule has 0 atom stereocenters. The Balaban J connectivity index is 2.25. The van der Waals surface area contributed by atoms with E-state index in [4.69, 9.17) is 10.7 Å². The third-order valence-corrected chi connectivity index (χ3v) is 4.95. The zero-order chi connectivity index (χ0) is 13.2. The average Bonchev–Trinajstić information content (AvgIpc) is 2.38. The summed E-state index contributed by atoms with van der Waals surface area (Å²) in [5.41, 5.74) is 0.364. The number of nitrogens with zero attached hydrogens (tertiary/aromatic N) is 1. The zero-order valence-corrected chi connectivity index (χ0v) is 11.9. The van der Waals surface area contributed by atoms with Crippen LogP contribution in [0.15, 0.2) is 29.2 Å². The Morgan fingerprint density at radius 3 is 2.56 bits per heavy atom. The van der Waals surface area contributed by atoms with Crippen molar-refractivity contribution in [2.75, 3.05) is 24.6 Å². The van der Waals surface area contributed by atoms with Gasteiger partial charge in [-0.15, -0.1) is 0 Å². The monoisotopic (exact) mass is 305 g/mol. The molecule has 1 aromatic rings. The molecular formula is C11H12ClNO3S2. The van der Waals surface area contributed by atoms with Crippen LogP contribution in [0.3, 0.4) is 0 Å². The van der Waals surface area contributed by atoms with Crippen LogP contribution in [-0.2, 0) is 9.05 Å². The highest BCUT2D eigenvalue weighted by molar-refractivity contribution is 8.13. The fourth-order valence-corrected chi connectivity index (χ4v) is 3.43. The molecule has 1 amide bonds. The molecule has 1 heterocycles. The number of carbonyl (C=O) groups excluding carboxylic acids is 1. The van der Waals surface area contributed by atoms with Gasteiger partial charge in [-0.25, -0.2) is 8.42 Å². The van der Waals surface area contributed by atoms with E-state index in [0.717, 1.165) is 11.5 Å². The average molecular weight is 306 g/mol. The molecule has 1 saturated heterocycles. The van der Waals surface area contributed by atoms with Gasteiger partial charge in [-0.2, -0.15) is 11.8 Å². The molecule has 1 aliphatic rings. The van der Waals surface area contributed by atoms with Gasteiger partial charge in [-0.1, -0.05) is 6.07 Å². The predicted octanol–water partition coefficient (Wildman–Crippen LogP) is 1.80. The van der Waals surface area contributed by atoms with Crippen molar-refractivity contribution in [1.82, 2.24) is 4.90 Å². The summed E-state index contributed by atoms with van der Waals surface area (Å²) in [7, 11) is 1.47. The number of thioether (sulfide) groups is 1. The number of rotatable bonds is 2. The minimum atomic E-state index is -3.79. The number of hydrogen-bond donors (Lipinski definition) is 0. The summed E-state index contributed by atoms with van der Waals surface area (Å²) in [6.07, 6.45) is 0. The Morgan fingerprint density at radius 1 is 1.28 bits per heavy atom. The van der Waals surface area contributed by atoms with E-state index in [1.54, 1.807) is 11.0 Å². The van der Waals surface area contributed by atoms with E-state index in [0.29, 0.717) is 18.7 Å². The molecule has 2 rings (SSSR count). The molecule has 7 heteroatoms. The van der Waals surface area contributed by atoms with Crippen LogP contribution in [0.25, 0.3) is 0 Å². The lowest BCUT2D eigenvalue weighted by molar-refractivity contribution is 0.0772. The van der Waals surface area contributed by atoms with Gasteiger partial charge in [0.2, 0.25) is 0 Å². The van der Waals surface area contributed by atoms with Crippen molar-refractivity contribution in [1.29, 1.82) is 0 Å². The van der Waals surface area contributed by atoms with Gasteiger partial charge in [0.05, 0.1) is 4.90 Å². The van der Waals surface area contributed by atoms with Crippen LogP contribution in [0.2, 0.25) is 0 Å². The van der Waals surface area contributed by atoms with Crippen molar-refractivity contribution in [3.05, 3.63) is 29.8 Å². The molecule has 18 heavy (non-hydrogen) atoms. The number of benzene rings is 1. The first-order valence-electron chi connectivity index (χ1n) is 5.40. The van der Waals surface area contributed by atoms with E-state index in [1.807, 2.05) is 11.8 Å². The Bertz CT molecular complexity index is 553. The van der Waals surface area contributed by atoms with Gasteiger partial charge in [0.25, 0.3) is 15.0 Å². The van der Waals surface area contributed by atoms with Crippen LogP contribution in [0.4, 0.5) is 0 Å². The largest absolute Gasteiger partial charge is 0.337 e. The number of amides is 1. The number of halogens is 1. The first-order chi connectivity index (χ1) is 8.48. The van der Waals surface area contributed by atoms with Crippen molar-refractivity contribution < 1.29 is 13.2 Å². The van der Waals surface area contributed by atoms with Crippen LogP contribution < -0.4 is 0 Å². The van der Waals surface area contributed by atoms with E-state index in [9.17, 15) is 13.2 Å². The second-order valence-electron chi connectivity index (χ2n) is 3.87. The molecule has 0 bridgehead atoms. The molecule has 0 aliphatic carbocycles. The zero-order valence-electron chi connectivity index (χ0n) is 9.50. The van der Waals surface area contributed by atoms with Gasteiger partial charge >= 0.3 is 0 Å². The Hall–Kier alpha value is -0.720. The van der Waals surface area contributed by atoms with Crippen molar-refractivity contribution in [2.45, 2.75) is 4.90 Å². The Morgan fingerprint density at radius 2 is 1.94 bits per heavy atom. The Kier molecular flexibility index (Phi) is 4.19. The predicted molar refractivity (Wildman–Crippen MR) is 72.7 cm³/mol.